The molecule has 3 aromatic rings. The maximum atomic E-state index is 2.55. The second kappa shape index (κ2) is 6.56. The Hall–Kier alpha value is -2.94. The molecule has 0 spiro atoms. The van der Waals surface area contributed by atoms with Crippen molar-refractivity contribution in [1.82, 2.24) is 0 Å². The third-order valence-corrected chi connectivity index (χ3v) is 8.28. The lowest BCUT2D eigenvalue weighted by atomic mass is 9.62. The number of hydrogen-bond donors (Lipinski definition) is 0. The molecule has 0 unspecified atom stereocenters. The smallest absolute Gasteiger partial charge is 0.100 e. The predicted molar refractivity (Wildman–Crippen MR) is 141 cm³/mol. The maximum absolute atomic E-state index is 2.55. The van der Waals surface area contributed by atoms with Gasteiger partial charge in [-0.05, 0) is 90.1 Å². The molecule has 1 aliphatic carbocycles. The molecule has 0 N–H and O–H groups in total. The van der Waals surface area contributed by atoms with Crippen molar-refractivity contribution >= 4 is 34.1 Å². The van der Waals surface area contributed by atoms with Crippen LogP contribution in [0.5, 0.6) is 0 Å². The topological polar surface area (TPSA) is 9.72 Å². The predicted octanol–water partition coefficient (Wildman–Crippen LogP) is 7.98. The molecule has 0 saturated carbocycles. The van der Waals surface area contributed by atoms with Crippen molar-refractivity contribution in [2.45, 2.75) is 65.2 Å². The van der Waals surface area contributed by atoms with Crippen LogP contribution in [0, 0.1) is 13.8 Å². The number of rotatable bonds is 1. The van der Waals surface area contributed by atoms with E-state index in [1.54, 1.807) is 5.56 Å². The first-order chi connectivity index (χ1) is 15.6. The van der Waals surface area contributed by atoms with Gasteiger partial charge < -0.3 is 14.7 Å². The number of benzene rings is 3. The van der Waals surface area contributed by atoms with Crippen LogP contribution in [-0.4, -0.2) is 13.7 Å². The van der Waals surface area contributed by atoms with Crippen molar-refractivity contribution in [1.29, 1.82) is 0 Å². The maximum Gasteiger partial charge on any atom is 0.100 e. The number of anilines is 6. The van der Waals surface area contributed by atoms with E-state index in [1.165, 1.54) is 63.7 Å². The minimum absolute atomic E-state index is 0.159. The molecule has 0 amide bonds. The first-order valence-corrected chi connectivity index (χ1v) is 12.3. The van der Waals surface area contributed by atoms with Gasteiger partial charge in [0.1, 0.15) is 6.67 Å². The molecule has 2 heterocycles. The average molecular weight is 438 g/mol. The molecule has 0 bridgehead atoms. The van der Waals surface area contributed by atoms with Gasteiger partial charge in [-0.3, -0.25) is 0 Å². The van der Waals surface area contributed by atoms with Gasteiger partial charge in [0.25, 0.3) is 0 Å². The number of fused-ring (bicyclic) bond motifs is 4. The molecular formula is C30H35N3. The monoisotopic (exact) mass is 437 g/mol. The number of aryl methyl sites for hydroxylation is 2. The molecule has 3 aliphatic rings. The van der Waals surface area contributed by atoms with Gasteiger partial charge in [0.05, 0.1) is 28.4 Å². The zero-order valence-electron chi connectivity index (χ0n) is 21.1. The van der Waals surface area contributed by atoms with Gasteiger partial charge in [-0.1, -0.05) is 45.9 Å². The summed E-state index contributed by atoms with van der Waals surface area (Å²) in [6.45, 7) is 14.9. The Morgan fingerprint density at radius 1 is 0.697 bits per heavy atom. The molecule has 0 radical (unpaired) electrons. The highest BCUT2D eigenvalue weighted by molar-refractivity contribution is 6.04. The molecule has 3 aromatic carbocycles. The summed E-state index contributed by atoms with van der Waals surface area (Å²) in [6, 6.07) is 18.5. The fourth-order valence-corrected chi connectivity index (χ4v) is 6.49. The summed E-state index contributed by atoms with van der Waals surface area (Å²) in [4.78, 5) is 7.50. The van der Waals surface area contributed by atoms with E-state index < -0.39 is 0 Å². The third-order valence-electron chi connectivity index (χ3n) is 8.28. The van der Waals surface area contributed by atoms with E-state index in [1.807, 2.05) is 0 Å². The SMILES string of the molecule is Cc1cc(C)cc(N2CN3c4ccc5c(c4N(C)c4cccc2c43)C(C)(C)CCC5(C)C)c1. The van der Waals surface area contributed by atoms with Crippen LogP contribution in [0.3, 0.4) is 0 Å². The van der Waals surface area contributed by atoms with Gasteiger partial charge in [0.15, 0.2) is 0 Å². The fourth-order valence-electron chi connectivity index (χ4n) is 6.49. The summed E-state index contributed by atoms with van der Waals surface area (Å²) in [5.74, 6) is 0. The molecular weight excluding hydrogens is 402 g/mol. The molecule has 33 heavy (non-hydrogen) atoms. The molecule has 0 fully saturated rings. The Labute approximate surface area is 198 Å². The Bertz CT molecular complexity index is 1280. The number of hydrogen-bond acceptors (Lipinski definition) is 3. The van der Waals surface area contributed by atoms with E-state index in [9.17, 15) is 0 Å². The van der Waals surface area contributed by atoms with E-state index in [4.69, 9.17) is 0 Å². The fraction of sp³-hybridized carbons (Fsp3) is 0.400. The minimum Gasteiger partial charge on any atom is -0.341 e. The van der Waals surface area contributed by atoms with Crippen molar-refractivity contribution in [3.05, 3.63) is 70.8 Å². The third kappa shape index (κ3) is 2.81. The lowest BCUT2D eigenvalue weighted by molar-refractivity contribution is 0.332. The highest BCUT2D eigenvalue weighted by atomic mass is 15.4. The normalized spacial score (nSPS) is 19.3. The summed E-state index contributed by atoms with van der Waals surface area (Å²) in [5, 5.41) is 0. The van der Waals surface area contributed by atoms with E-state index in [0.29, 0.717) is 0 Å². The minimum atomic E-state index is 0.159. The summed E-state index contributed by atoms with van der Waals surface area (Å²) in [5.41, 5.74) is 14.0. The Morgan fingerprint density at radius 3 is 2.06 bits per heavy atom. The van der Waals surface area contributed by atoms with E-state index in [-0.39, 0.29) is 10.8 Å². The van der Waals surface area contributed by atoms with E-state index >= 15 is 0 Å². The van der Waals surface area contributed by atoms with Crippen LogP contribution in [0.2, 0.25) is 0 Å². The lowest BCUT2D eigenvalue weighted by Gasteiger charge is -2.47. The van der Waals surface area contributed by atoms with E-state index in [0.717, 1.165) is 6.67 Å². The standard InChI is InChI=1S/C30H35N3/c1-19-15-20(2)17-21(16-19)32-18-33-25-12-11-22-26(30(5,6)14-13-29(22,3)4)28(25)31(7)23-9-8-10-24(32)27(23)33/h8-12,15-17H,13-14,18H2,1-7H3. The van der Waals surface area contributed by atoms with Gasteiger partial charge in [-0.15, -0.1) is 0 Å². The molecule has 3 nitrogen and oxygen atoms in total. The van der Waals surface area contributed by atoms with Gasteiger partial charge >= 0.3 is 0 Å². The highest BCUT2D eigenvalue weighted by Gasteiger charge is 2.44. The van der Waals surface area contributed by atoms with Crippen LogP contribution in [0.25, 0.3) is 0 Å². The van der Waals surface area contributed by atoms with Gasteiger partial charge in [0.2, 0.25) is 0 Å². The molecule has 0 saturated heterocycles. The van der Waals surface area contributed by atoms with Crippen LogP contribution in [-0.2, 0) is 10.8 Å². The van der Waals surface area contributed by atoms with Crippen molar-refractivity contribution in [2.24, 2.45) is 0 Å². The molecule has 6 rings (SSSR count). The summed E-state index contributed by atoms with van der Waals surface area (Å²) in [6.07, 6.45) is 2.46. The Kier molecular flexibility index (Phi) is 4.11. The van der Waals surface area contributed by atoms with Crippen molar-refractivity contribution < 1.29 is 0 Å². The Morgan fingerprint density at radius 2 is 1.33 bits per heavy atom. The first kappa shape index (κ1) is 20.7. The molecule has 0 aromatic heterocycles. The van der Waals surface area contributed by atoms with Crippen LogP contribution in [0.1, 0.15) is 62.8 Å². The summed E-state index contributed by atoms with van der Waals surface area (Å²) < 4.78 is 0. The van der Waals surface area contributed by atoms with Crippen LogP contribution in [0.15, 0.2) is 48.5 Å². The molecule has 3 heteroatoms. The van der Waals surface area contributed by atoms with Crippen molar-refractivity contribution in [3.63, 3.8) is 0 Å². The molecule has 170 valence electrons. The number of para-hydroxylation sites is 1. The largest absolute Gasteiger partial charge is 0.341 e. The second-order valence-corrected chi connectivity index (χ2v) is 11.7. The average Bonchev–Trinajstić information content (AvgIpc) is 3.14. The van der Waals surface area contributed by atoms with Crippen LogP contribution < -0.4 is 14.7 Å². The van der Waals surface area contributed by atoms with E-state index in [2.05, 4.69) is 112 Å². The van der Waals surface area contributed by atoms with Gasteiger partial charge in [-0.2, -0.15) is 0 Å². The van der Waals surface area contributed by atoms with Crippen molar-refractivity contribution in [2.75, 3.05) is 28.4 Å². The Balaban J connectivity index is 1.59. The molecule has 0 atom stereocenters. The van der Waals surface area contributed by atoms with Crippen LogP contribution >= 0.6 is 0 Å². The summed E-state index contributed by atoms with van der Waals surface area (Å²) >= 11 is 0. The second-order valence-electron chi connectivity index (χ2n) is 11.7. The first-order valence-electron chi connectivity index (χ1n) is 12.3. The quantitative estimate of drug-likeness (QED) is 0.382. The molecule has 2 aliphatic heterocycles. The zero-order chi connectivity index (χ0) is 23.3. The van der Waals surface area contributed by atoms with Crippen LogP contribution in [0.4, 0.5) is 34.1 Å². The number of nitrogens with zero attached hydrogens (tertiary/aromatic N) is 3. The summed E-state index contributed by atoms with van der Waals surface area (Å²) in [7, 11) is 2.27. The van der Waals surface area contributed by atoms with Gasteiger partial charge in [0, 0.05) is 12.7 Å². The lowest BCUT2D eigenvalue weighted by Crippen LogP contribution is -2.37. The zero-order valence-corrected chi connectivity index (χ0v) is 21.1. The highest BCUT2D eigenvalue weighted by Crippen LogP contribution is 2.60. The van der Waals surface area contributed by atoms with Crippen molar-refractivity contribution in [3.8, 4) is 0 Å². The van der Waals surface area contributed by atoms with Gasteiger partial charge in [-0.25, -0.2) is 0 Å².